The Morgan fingerprint density at radius 1 is 1.12 bits per heavy atom. The maximum absolute atomic E-state index is 13.7. The fourth-order valence-electron chi connectivity index (χ4n) is 5.26. The van der Waals surface area contributed by atoms with Crippen LogP contribution in [0.5, 0.6) is 0 Å². The van der Waals surface area contributed by atoms with Gasteiger partial charge in [0.25, 0.3) is 5.56 Å². The van der Waals surface area contributed by atoms with Gasteiger partial charge in [-0.15, -0.1) is 0 Å². The molecule has 222 valence electrons. The Kier molecular flexibility index (Phi) is 9.12. The molecule has 5 rings (SSSR count). The van der Waals surface area contributed by atoms with Gasteiger partial charge in [-0.1, -0.05) is 48.7 Å². The van der Waals surface area contributed by atoms with E-state index in [1.807, 2.05) is 31.2 Å². The summed E-state index contributed by atoms with van der Waals surface area (Å²) in [5, 5.41) is 4.76. The summed E-state index contributed by atoms with van der Waals surface area (Å²) < 4.78 is 1.60. The zero-order valence-electron chi connectivity index (χ0n) is 23.5. The van der Waals surface area contributed by atoms with Crippen molar-refractivity contribution in [3.8, 4) is 22.4 Å². The fraction of sp³-hybridized carbons (Fsp3) is 0.226. The van der Waals surface area contributed by atoms with E-state index >= 15 is 0 Å². The molecule has 2 aromatic carbocycles. The lowest BCUT2D eigenvalue weighted by molar-refractivity contribution is -0.119. The van der Waals surface area contributed by atoms with E-state index in [0.717, 1.165) is 22.3 Å². The number of nitrogens with two attached hydrogens (primary N) is 3. The first kappa shape index (κ1) is 30.2. The number of hydrazine groups is 1. The molecular formula is C31H32Cl2N8O2. The van der Waals surface area contributed by atoms with Crippen LogP contribution in [0.2, 0.25) is 5.02 Å². The van der Waals surface area contributed by atoms with Crippen LogP contribution in [0.25, 0.3) is 22.4 Å². The predicted molar refractivity (Wildman–Crippen MR) is 171 cm³/mol. The number of nitrogens with one attached hydrogen (secondary N) is 1. The van der Waals surface area contributed by atoms with E-state index in [1.165, 1.54) is 23.6 Å². The van der Waals surface area contributed by atoms with Crippen molar-refractivity contribution in [2.24, 2.45) is 23.2 Å². The topological polar surface area (TPSA) is 158 Å². The van der Waals surface area contributed by atoms with Crippen LogP contribution in [0, 0.1) is 5.92 Å². The molecule has 2 aromatic heterocycles. The summed E-state index contributed by atoms with van der Waals surface area (Å²) in [5.41, 5.74) is 16.7. The van der Waals surface area contributed by atoms with Crippen molar-refractivity contribution in [1.82, 2.24) is 14.5 Å². The summed E-state index contributed by atoms with van der Waals surface area (Å²) in [6.45, 7) is 2.25. The van der Waals surface area contributed by atoms with Gasteiger partial charge >= 0.3 is 0 Å². The molecule has 1 aliphatic rings. The van der Waals surface area contributed by atoms with Gasteiger partial charge < -0.3 is 16.8 Å². The third kappa shape index (κ3) is 6.73. The highest BCUT2D eigenvalue weighted by Crippen LogP contribution is 2.35. The summed E-state index contributed by atoms with van der Waals surface area (Å²) in [5.74, 6) is 5.85. The predicted octanol–water partition coefficient (Wildman–Crippen LogP) is 5.11. The number of rotatable bonds is 5. The van der Waals surface area contributed by atoms with E-state index < -0.39 is 0 Å². The molecule has 0 aliphatic carbocycles. The van der Waals surface area contributed by atoms with Crippen molar-refractivity contribution in [1.29, 1.82) is 0 Å². The maximum Gasteiger partial charge on any atom is 0.254 e. The minimum absolute atomic E-state index is 0.0145. The van der Waals surface area contributed by atoms with Crippen molar-refractivity contribution in [2.75, 3.05) is 10.3 Å². The van der Waals surface area contributed by atoms with Crippen LogP contribution in [0.3, 0.4) is 0 Å². The zero-order valence-corrected chi connectivity index (χ0v) is 25.0. The highest BCUT2D eigenvalue weighted by Gasteiger charge is 2.23. The number of carbonyl (C=O) groups is 1. The van der Waals surface area contributed by atoms with Crippen molar-refractivity contribution in [3.63, 3.8) is 0 Å². The van der Waals surface area contributed by atoms with Gasteiger partial charge in [0.2, 0.25) is 5.91 Å². The van der Waals surface area contributed by atoms with Gasteiger partial charge in [0.15, 0.2) is 0 Å². The molecule has 1 amide bonds. The van der Waals surface area contributed by atoms with Crippen molar-refractivity contribution < 1.29 is 4.79 Å². The number of benzene rings is 2. The summed E-state index contributed by atoms with van der Waals surface area (Å²) in [7, 11) is 0. The number of fused-ring (bicyclic) bond motifs is 4. The van der Waals surface area contributed by atoms with E-state index in [-0.39, 0.29) is 28.6 Å². The lowest BCUT2D eigenvalue weighted by Gasteiger charge is -2.23. The minimum Gasteiger partial charge on any atom is -0.388 e. The highest BCUT2D eigenvalue weighted by atomic mass is 35.5. The molecule has 43 heavy (non-hydrogen) atoms. The Bertz CT molecular complexity index is 1750. The SMILES string of the molecule is CC1CCCC(n2cnc(-c3cc(Cl)ccc3N(N)/C=C(\N)Cl)cc2=O)c2cncc(c2)-c2ccc(CN)cc2NC1=O. The van der Waals surface area contributed by atoms with Gasteiger partial charge in [-0.25, -0.2) is 10.8 Å². The lowest BCUT2D eigenvalue weighted by atomic mass is 9.93. The monoisotopic (exact) mass is 618 g/mol. The number of anilines is 2. The summed E-state index contributed by atoms with van der Waals surface area (Å²) in [4.78, 5) is 35.9. The number of carbonyl (C=O) groups excluding carboxylic acids is 1. The zero-order chi connectivity index (χ0) is 30.7. The Morgan fingerprint density at radius 3 is 2.67 bits per heavy atom. The number of nitrogens with zero attached hydrogens (tertiary/aromatic N) is 4. The van der Waals surface area contributed by atoms with Crippen LogP contribution in [0.4, 0.5) is 11.4 Å². The average molecular weight is 620 g/mol. The second kappa shape index (κ2) is 13.0. The third-order valence-electron chi connectivity index (χ3n) is 7.54. The molecule has 0 fully saturated rings. The lowest BCUT2D eigenvalue weighted by Crippen LogP contribution is -2.28. The van der Waals surface area contributed by atoms with Crippen molar-refractivity contribution >= 4 is 40.5 Å². The Balaban J connectivity index is 1.59. The second-order valence-electron chi connectivity index (χ2n) is 10.5. The molecule has 0 saturated carbocycles. The number of halogens is 2. The van der Waals surface area contributed by atoms with Gasteiger partial charge in [0.1, 0.15) is 5.16 Å². The molecule has 2 unspecified atom stereocenters. The molecule has 0 spiro atoms. The molecule has 10 nitrogen and oxygen atoms in total. The minimum atomic E-state index is -0.369. The second-order valence-corrected chi connectivity index (χ2v) is 11.4. The standard InChI is InChI=1S/C31H32Cl2N8O2/c1-18-3-2-4-27(21-10-20(14-37-15-21)23-7-5-19(13-34)9-26(23)39-31(18)43)40-17-38-25(12-30(40)42)24-11-22(32)6-8-28(24)41(36)16-29(33)35/h5-12,14-18,27H,2-4,13,34-36H2,1H3,(H,39,43)/b29-16-. The third-order valence-corrected chi connectivity index (χ3v) is 7.87. The van der Waals surface area contributed by atoms with Gasteiger partial charge in [-0.2, -0.15) is 0 Å². The van der Waals surface area contributed by atoms with E-state index in [4.69, 9.17) is 40.5 Å². The largest absolute Gasteiger partial charge is 0.388 e. The van der Waals surface area contributed by atoms with Crippen LogP contribution in [-0.4, -0.2) is 20.4 Å². The molecule has 0 saturated heterocycles. The summed E-state index contributed by atoms with van der Waals surface area (Å²) in [6.07, 6.45) is 8.31. The van der Waals surface area contributed by atoms with Crippen molar-refractivity contribution in [3.05, 3.63) is 105 Å². The van der Waals surface area contributed by atoms with Crippen LogP contribution < -0.4 is 33.2 Å². The molecule has 2 atom stereocenters. The van der Waals surface area contributed by atoms with Crippen LogP contribution in [0.1, 0.15) is 43.4 Å². The van der Waals surface area contributed by atoms with Crippen LogP contribution >= 0.6 is 23.2 Å². The molecular weight excluding hydrogens is 587 g/mol. The van der Waals surface area contributed by atoms with Gasteiger partial charge in [0, 0.05) is 58.3 Å². The average Bonchev–Trinajstić information content (AvgIpc) is 2.98. The molecule has 1 aliphatic heterocycles. The van der Waals surface area contributed by atoms with E-state index in [9.17, 15) is 9.59 Å². The summed E-state index contributed by atoms with van der Waals surface area (Å²) >= 11 is 12.1. The number of aromatic nitrogens is 3. The first-order valence-electron chi connectivity index (χ1n) is 13.8. The van der Waals surface area contributed by atoms with Gasteiger partial charge in [-0.3, -0.25) is 24.1 Å². The first-order chi connectivity index (χ1) is 20.6. The number of pyridine rings is 1. The van der Waals surface area contributed by atoms with E-state index in [0.29, 0.717) is 53.5 Å². The molecule has 4 aromatic rings. The van der Waals surface area contributed by atoms with Crippen molar-refractivity contribution in [2.45, 2.75) is 38.8 Å². The Labute approximate surface area is 259 Å². The Hall–Kier alpha value is -4.22. The fourth-order valence-corrected chi connectivity index (χ4v) is 5.54. The first-order valence-corrected chi connectivity index (χ1v) is 14.5. The molecule has 12 heteroatoms. The molecule has 2 bridgehead atoms. The van der Waals surface area contributed by atoms with Crippen LogP contribution in [-0.2, 0) is 11.3 Å². The number of amides is 1. The number of hydrogen-bond acceptors (Lipinski definition) is 8. The Morgan fingerprint density at radius 2 is 1.93 bits per heavy atom. The number of hydrogen-bond donors (Lipinski definition) is 4. The van der Waals surface area contributed by atoms with Crippen LogP contribution in [0.15, 0.2) is 83.4 Å². The van der Waals surface area contributed by atoms with E-state index in [1.54, 1.807) is 35.2 Å². The molecule has 0 radical (unpaired) electrons. The quantitative estimate of drug-likeness (QED) is 0.136. The normalized spacial score (nSPS) is 17.3. The van der Waals surface area contributed by atoms with Gasteiger partial charge in [0.05, 0.1) is 30.0 Å². The van der Waals surface area contributed by atoms with Gasteiger partial charge in [-0.05, 0) is 54.3 Å². The highest BCUT2D eigenvalue weighted by molar-refractivity contribution is 6.31. The molecule has 7 N–H and O–H groups in total. The summed E-state index contributed by atoms with van der Waals surface area (Å²) in [6, 6.07) is 13.9. The smallest absolute Gasteiger partial charge is 0.254 e. The molecule has 3 heterocycles. The van der Waals surface area contributed by atoms with E-state index in [2.05, 4.69) is 15.3 Å². The maximum atomic E-state index is 13.7.